The standard InChI is InChI=1S/C17H21O2S.C4HF9O3S/c1-13(18-2)19-15-10-11-20(12-15)17-9-5-7-14-6-3-4-8-16(14)17;5-1(6,3(9,10)11)2(7,8)4(12,13)17(14,15)16/h3-9,13,15H,10-12H2,1-2H3;(H,14,15,16)/q+1;/p-1. The number of fused-ring (bicyclic) bond motifs is 1. The van der Waals surface area contributed by atoms with E-state index in [-0.39, 0.29) is 6.29 Å². The summed E-state index contributed by atoms with van der Waals surface area (Å²) in [6.07, 6.45) is -5.78. The van der Waals surface area contributed by atoms with Crippen molar-refractivity contribution in [2.45, 2.75) is 53.9 Å². The zero-order valence-corrected chi connectivity index (χ0v) is 20.7. The van der Waals surface area contributed by atoms with Gasteiger partial charge in [-0.1, -0.05) is 30.3 Å². The molecule has 37 heavy (non-hydrogen) atoms. The number of ether oxygens (including phenoxy) is 2. The second kappa shape index (κ2) is 11.2. The van der Waals surface area contributed by atoms with Gasteiger partial charge in [-0.25, -0.2) is 8.42 Å². The Kier molecular flexibility index (Phi) is 9.49. The van der Waals surface area contributed by atoms with Crippen LogP contribution < -0.4 is 0 Å². The SMILES string of the molecule is COC(C)OC1CC[S+](c2cccc3ccccc23)C1.O=S(=O)([O-])C(F)(F)C(F)(F)C(F)(F)C(F)(F)F. The van der Waals surface area contributed by atoms with Crippen LogP contribution in [0, 0.1) is 0 Å². The van der Waals surface area contributed by atoms with Gasteiger partial charge in [0.2, 0.25) is 0 Å². The van der Waals surface area contributed by atoms with Crippen LogP contribution in [0.1, 0.15) is 13.3 Å². The van der Waals surface area contributed by atoms with E-state index in [1.54, 1.807) is 7.11 Å². The predicted octanol–water partition coefficient (Wildman–Crippen LogP) is 5.56. The molecule has 16 heteroatoms. The van der Waals surface area contributed by atoms with Gasteiger partial charge in [0.1, 0.15) is 17.6 Å². The topological polar surface area (TPSA) is 75.7 Å². The van der Waals surface area contributed by atoms with Crippen molar-refractivity contribution in [1.29, 1.82) is 0 Å². The fourth-order valence-electron chi connectivity index (χ4n) is 3.26. The summed E-state index contributed by atoms with van der Waals surface area (Å²) in [4.78, 5) is 1.50. The van der Waals surface area contributed by atoms with Crippen LogP contribution in [-0.2, 0) is 30.5 Å². The van der Waals surface area contributed by atoms with E-state index in [9.17, 15) is 52.5 Å². The van der Waals surface area contributed by atoms with Crippen LogP contribution in [0.5, 0.6) is 0 Å². The lowest BCUT2D eigenvalue weighted by molar-refractivity contribution is -0.382. The molecule has 2 aromatic rings. The lowest BCUT2D eigenvalue weighted by atomic mass is 10.1. The third-order valence-electron chi connectivity index (χ3n) is 5.28. The minimum Gasteiger partial charge on any atom is -0.743 e. The van der Waals surface area contributed by atoms with E-state index < -0.39 is 33.4 Å². The summed E-state index contributed by atoms with van der Waals surface area (Å²) >= 11 is 0. The van der Waals surface area contributed by atoms with Gasteiger partial charge in [0.05, 0.1) is 0 Å². The Hall–Kier alpha value is -1.75. The fraction of sp³-hybridized carbons (Fsp3) is 0.524. The molecule has 1 heterocycles. The Labute approximate surface area is 209 Å². The summed E-state index contributed by atoms with van der Waals surface area (Å²) in [5, 5.41) is -4.37. The lowest BCUT2D eigenvalue weighted by Crippen LogP contribution is -2.63. The van der Waals surface area contributed by atoms with Crippen molar-refractivity contribution < 1.29 is 62.0 Å². The summed E-state index contributed by atoms with van der Waals surface area (Å²) in [6.45, 7) is 1.97. The van der Waals surface area contributed by atoms with E-state index in [1.807, 2.05) is 6.92 Å². The molecule has 0 amide bonds. The number of hydrogen-bond acceptors (Lipinski definition) is 5. The van der Waals surface area contributed by atoms with Crippen molar-refractivity contribution in [2.24, 2.45) is 0 Å². The third-order valence-corrected chi connectivity index (χ3v) is 8.64. The van der Waals surface area contributed by atoms with Gasteiger partial charge in [-0.3, -0.25) is 0 Å². The first-order valence-electron chi connectivity index (χ1n) is 10.3. The summed E-state index contributed by atoms with van der Waals surface area (Å²) in [6, 6.07) is 15.3. The smallest absolute Gasteiger partial charge is 0.460 e. The average molecular weight is 589 g/mol. The van der Waals surface area contributed by atoms with Crippen LogP contribution >= 0.6 is 0 Å². The van der Waals surface area contributed by atoms with Gasteiger partial charge in [0.25, 0.3) is 0 Å². The first kappa shape index (κ1) is 31.5. The molecule has 1 aliphatic heterocycles. The zero-order valence-electron chi connectivity index (χ0n) is 19.1. The Morgan fingerprint density at radius 1 is 0.946 bits per heavy atom. The Morgan fingerprint density at radius 3 is 2.05 bits per heavy atom. The summed E-state index contributed by atoms with van der Waals surface area (Å²) in [5.41, 5.74) is 0. The quantitative estimate of drug-likeness (QED) is 0.183. The zero-order chi connectivity index (χ0) is 28.4. The van der Waals surface area contributed by atoms with E-state index >= 15 is 0 Å². The van der Waals surface area contributed by atoms with Gasteiger partial charge >= 0.3 is 23.3 Å². The van der Waals surface area contributed by atoms with E-state index in [1.165, 1.54) is 21.4 Å². The van der Waals surface area contributed by atoms with E-state index in [0.29, 0.717) is 17.0 Å². The molecule has 5 nitrogen and oxygen atoms in total. The Bertz CT molecular complexity index is 1170. The van der Waals surface area contributed by atoms with E-state index in [2.05, 4.69) is 42.5 Å². The van der Waals surface area contributed by atoms with Gasteiger partial charge in [-0.15, -0.1) is 0 Å². The van der Waals surface area contributed by atoms with Crippen molar-refractivity contribution >= 4 is 31.8 Å². The molecule has 210 valence electrons. The van der Waals surface area contributed by atoms with E-state index in [0.717, 1.165) is 12.2 Å². The summed E-state index contributed by atoms with van der Waals surface area (Å²) in [5.74, 6) is -12.5. The molecule has 1 aliphatic rings. The molecule has 0 aromatic heterocycles. The molecule has 0 bridgehead atoms. The van der Waals surface area contributed by atoms with Crippen LogP contribution in [0.3, 0.4) is 0 Å². The Balaban J connectivity index is 0.000000265. The van der Waals surface area contributed by atoms with Gasteiger partial charge in [0, 0.05) is 29.8 Å². The largest absolute Gasteiger partial charge is 0.743 e. The molecule has 0 spiro atoms. The number of halogens is 9. The Morgan fingerprint density at radius 2 is 1.51 bits per heavy atom. The number of benzene rings is 2. The molecular formula is C21H21F9O5S2. The second-order valence-electron chi connectivity index (χ2n) is 7.81. The van der Waals surface area contributed by atoms with Crippen LogP contribution in [-0.4, -0.2) is 67.3 Å². The second-order valence-corrected chi connectivity index (χ2v) is 11.4. The molecule has 1 fully saturated rings. The van der Waals surface area contributed by atoms with Crippen LogP contribution in [0.2, 0.25) is 0 Å². The van der Waals surface area contributed by atoms with Crippen molar-refractivity contribution in [1.82, 2.24) is 0 Å². The maximum atomic E-state index is 12.2. The first-order valence-corrected chi connectivity index (χ1v) is 13.2. The van der Waals surface area contributed by atoms with Crippen LogP contribution in [0.25, 0.3) is 10.8 Å². The fourth-order valence-corrected chi connectivity index (χ4v) is 6.28. The van der Waals surface area contributed by atoms with Crippen molar-refractivity contribution in [3.05, 3.63) is 42.5 Å². The molecule has 3 atom stereocenters. The number of rotatable bonds is 7. The van der Waals surface area contributed by atoms with Crippen molar-refractivity contribution in [3.63, 3.8) is 0 Å². The van der Waals surface area contributed by atoms with Crippen LogP contribution in [0.15, 0.2) is 47.4 Å². The highest BCUT2D eigenvalue weighted by molar-refractivity contribution is 7.97. The van der Waals surface area contributed by atoms with Gasteiger partial charge in [-0.05, 0) is 24.4 Å². The predicted molar refractivity (Wildman–Crippen MR) is 116 cm³/mol. The monoisotopic (exact) mass is 588 g/mol. The number of hydrogen-bond donors (Lipinski definition) is 0. The minimum atomic E-state index is -7.43. The van der Waals surface area contributed by atoms with Gasteiger partial charge in [-0.2, -0.15) is 39.5 Å². The first-order chi connectivity index (χ1) is 16.8. The van der Waals surface area contributed by atoms with Gasteiger partial charge < -0.3 is 14.0 Å². The number of alkyl halides is 9. The maximum absolute atomic E-state index is 12.2. The highest BCUT2D eigenvalue weighted by Gasteiger charge is 2.83. The highest BCUT2D eigenvalue weighted by Crippen LogP contribution is 2.54. The van der Waals surface area contributed by atoms with E-state index in [4.69, 9.17) is 9.47 Å². The molecule has 0 aliphatic carbocycles. The lowest BCUT2D eigenvalue weighted by Gasteiger charge is -2.34. The summed E-state index contributed by atoms with van der Waals surface area (Å²) < 4.78 is 147. The maximum Gasteiger partial charge on any atom is 0.460 e. The minimum absolute atomic E-state index is 0.101. The van der Waals surface area contributed by atoms with Crippen LogP contribution in [0.4, 0.5) is 39.5 Å². The van der Waals surface area contributed by atoms with Crippen molar-refractivity contribution in [3.8, 4) is 0 Å². The molecule has 3 unspecified atom stereocenters. The molecular weight excluding hydrogens is 567 g/mol. The van der Waals surface area contributed by atoms with Gasteiger partial charge in [0.15, 0.2) is 21.3 Å². The molecule has 0 radical (unpaired) electrons. The molecule has 2 aromatic carbocycles. The van der Waals surface area contributed by atoms with Crippen molar-refractivity contribution in [2.75, 3.05) is 18.6 Å². The summed E-state index contributed by atoms with van der Waals surface area (Å²) in [7, 11) is -5.41. The normalized spacial score (nSPS) is 20.4. The highest BCUT2D eigenvalue weighted by atomic mass is 32.2. The number of methoxy groups -OCH3 is 1. The third kappa shape index (κ3) is 6.46. The molecule has 1 saturated heterocycles. The molecule has 0 saturated carbocycles. The average Bonchev–Trinajstić information content (AvgIpc) is 3.25. The molecule has 3 rings (SSSR count). The molecule has 0 N–H and O–H groups in total.